The van der Waals surface area contributed by atoms with Crippen molar-refractivity contribution in [3.8, 4) is 5.75 Å². The smallest absolute Gasteiger partial charge is 0.313 e. The molecule has 0 saturated carbocycles. The van der Waals surface area contributed by atoms with Crippen molar-refractivity contribution in [1.29, 1.82) is 0 Å². The van der Waals surface area contributed by atoms with Gasteiger partial charge in [-0.05, 0) is 57.8 Å². The summed E-state index contributed by atoms with van der Waals surface area (Å²) in [6.07, 6.45) is 3.76. The summed E-state index contributed by atoms with van der Waals surface area (Å²) in [4.78, 5) is 15.0. The van der Waals surface area contributed by atoms with Crippen molar-refractivity contribution in [1.82, 2.24) is 4.90 Å². The number of hydrogen-bond acceptors (Lipinski definition) is 4. The summed E-state index contributed by atoms with van der Waals surface area (Å²) in [5.74, 6) is 0.796. The Morgan fingerprint density at radius 1 is 1.26 bits per heavy atom. The highest BCUT2D eigenvalue weighted by atomic mass is 16.5. The second-order valence-corrected chi connectivity index (χ2v) is 6.29. The van der Waals surface area contributed by atoms with Gasteiger partial charge in [0.05, 0.1) is 18.6 Å². The van der Waals surface area contributed by atoms with Gasteiger partial charge >= 0.3 is 5.97 Å². The van der Waals surface area contributed by atoms with Gasteiger partial charge in [-0.3, -0.25) is 4.79 Å². The van der Waals surface area contributed by atoms with E-state index in [9.17, 15) is 4.79 Å². The van der Waals surface area contributed by atoms with Gasteiger partial charge in [0.2, 0.25) is 0 Å². The van der Waals surface area contributed by atoms with E-state index in [-0.39, 0.29) is 5.97 Å². The number of hydrogen-bond donors (Lipinski definition) is 0. The molecular formula is C19H29NO3. The zero-order chi connectivity index (χ0) is 16.5. The average molecular weight is 319 g/mol. The van der Waals surface area contributed by atoms with E-state index in [4.69, 9.17) is 9.47 Å². The molecule has 1 aliphatic heterocycles. The number of ether oxygens (including phenoxy) is 2. The third-order valence-electron chi connectivity index (χ3n) is 4.50. The van der Waals surface area contributed by atoms with Crippen molar-refractivity contribution in [3.05, 3.63) is 30.3 Å². The summed E-state index contributed by atoms with van der Waals surface area (Å²) in [7, 11) is 0. The summed E-state index contributed by atoms with van der Waals surface area (Å²) >= 11 is 0. The van der Waals surface area contributed by atoms with E-state index in [1.165, 1.54) is 0 Å². The van der Waals surface area contributed by atoms with Gasteiger partial charge in [-0.25, -0.2) is 0 Å². The maximum absolute atomic E-state index is 12.6. The lowest BCUT2D eigenvalue weighted by atomic mass is 9.77. The van der Waals surface area contributed by atoms with Crippen molar-refractivity contribution in [3.63, 3.8) is 0 Å². The Bertz CT molecular complexity index is 475. The number of nitrogens with zero attached hydrogens (tertiary/aromatic N) is 1. The SMILES string of the molecule is CCCN1CCCC(CCOc2ccccc2)(C(=O)OCC)C1. The summed E-state index contributed by atoms with van der Waals surface area (Å²) in [6, 6.07) is 9.78. The molecule has 0 amide bonds. The number of carbonyl (C=O) groups excluding carboxylic acids is 1. The van der Waals surface area contributed by atoms with E-state index in [2.05, 4.69) is 11.8 Å². The zero-order valence-electron chi connectivity index (χ0n) is 14.4. The quantitative estimate of drug-likeness (QED) is 0.687. The number of carbonyl (C=O) groups is 1. The fraction of sp³-hybridized carbons (Fsp3) is 0.632. The maximum atomic E-state index is 12.6. The predicted octanol–water partition coefficient (Wildman–Crippen LogP) is 3.51. The van der Waals surface area contributed by atoms with E-state index in [0.29, 0.717) is 19.6 Å². The highest BCUT2D eigenvalue weighted by Crippen LogP contribution is 2.35. The van der Waals surface area contributed by atoms with Gasteiger partial charge in [0.15, 0.2) is 0 Å². The minimum absolute atomic E-state index is 0.0579. The molecule has 1 fully saturated rings. The molecule has 0 aromatic heterocycles. The zero-order valence-corrected chi connectivity index (χ0v) is 14.4. The fourth-order valence-electron chi connectivity index (χ4n) is 3.37. The van der Waals surface area contributed by atoms with Crippen LogP contribution in [-0.4, -0.2) is 43.7 Å². The predicted molar refractivity (Wildman–Crippen MR) is 91.6 cm³/mol. The third-order valence-corrected chi connectivity index (χ3v) is 4.50. The summed E-state index contributed by atoms with van der Waals surface area (Å²) in [5, 5.41) is 0. The monoisotopic (exact) mass is 319 g/mol. The van der Waals surface area contributed by atoms with Gasteiger partial charge < -0.3 is 14.4 Å². The van der Waals surface area contributed by atoms with E-state index >= 15 is 0 Å². The minimum atomic E-state index is -0.418. The Morgan fingerprint density at radius 3 is 2.74 bits per heavy atom. The van der Waals surface area contributed by atoms with Crippen molar-refractivity contribution in [2.45, 2.75) is 39.5 Å². The second kappa shape index (κ2) is 8.92. The van der Waals surface area contributed by atoms with Crippen LogP contribution in [0.15, 0.2) is 30.3 Å². The van der Waals surface area contributed by atoms with Crippen LogP contribution in [0, 0.1) is 5.41 Å². The van der Waals surface area contributed by atoms with Gasteiger partial charge in [0.1, 0.15) is 5.75 Å². The van der Waals surface area contributed by atoms with Crippen LogP contribution in [-0.2, 0) is 9.53 Å². The molecule has 0 N–H and O–H groups in total. The molecule has 4 nitrogen and oxygen atoms in total. The topological polar surface area (TPSA) is 38.8 Å². The second-order valence-electron chi connectivity index (χ2n) is 6.29. The molecule has 1 atom stereocenters. The molecule has 1 saturated heterocycles. The first-order chi connectivity index (χ1) is 11.2. The summed E-state index contributed by atoms with van der Waals surface area (Å²) in [5.41, 5.74) is -0.418. The fourth-order valence-corrected chi connectivity index (χ4v) is 3.37. The Labute approximate surface area is 139 Å². The van der Waals surface area contributed by atoms with Gasteiger partial charge in [-0.2, -0.15) is 0 Å². The molecule has 0 spiro atoms. The maximum Gasteiger partial charge on any atom is 0.313 e. The summed E-state index contributed by atoms with van der Waals surface area (Å²) < 4.78 is 11.2. The molecule has 1 unspecified atom stereocenters. The molecule has 1 aromatic rings. The lowest BCUT2D eigenvalue weighted by Crippen LogP contribution is -2.49. The van der Waals surface area contributed by atoms with Crippen LogP contribution in [0.2, 0.25) is 0 Å². The van der Waals surface area contributed by atoms with E-state index < -0.39 is 5.41 Å². The molecular weight excluding hydrogens is 290 g/mol. The Balaban J connectivity index is 2.00. The molecule has 2 rings (SSSR count). The Morgan fingerprint density at radius 2 is 2.04 bits per heavy atom. The van der Waals surface area contributed by atoms with Crippen LogP contribution in [0.25, 0.3) is 0 Å². The normalized spacial score (nSPS) is 21.8. The van der Waals surface area contributed by atoms with E-state index in [1.54, 1.807) is 0 Å². The van der Waals surface area contributed by atoms with Crippen molar-refractivity contribution in [2.75, 3.05) is 32.8 Å². The number of benzene rings is 1. The van der Waals surface area contributed by atoms with Crippen LogP contribution in [0.5, 0.6) is 5.75 Å². The largest absolute Gasteiger partial charge is 0.494 e. The molecule has 0 radical (unpaired) electrons. The van der Waals surface area contributed by atoms with Gasteiger partial charge in [-0.1, -0.05) is 25.1 Å². The number of para-hydroxylation sites is 1. The molecule has 1 heterocycles. The van der Waals surface area contributed by atoms with Crippen LogP contribution in [0.4, 0.5) is 0 Å². The van der Waals surface area contributed by atoms with Crippen LogP contribution in [0.3, 0.4) is 0 Å². The van der Waals surface area contributed by atoms with Gasteiger partial charge in [0, 0.05) is 6.54 Å². The minimum Gasteiger partial charge on any atom is -0.494 e. The molecule has 1 aliphatic rings. The Hall–Kier alpha value is -1.55. The van der Waals surface area contributed by atoms with Crippen LogP contribution < -0.4 is 4.74 Å². The lowest BCUT2D eigenvalue weighted by molar-refractivity contribution is -0.160. The number of rotatable bonds is 8. The molecule has 23 heavy (non-hydrogen) atoms. The molecule has 0 aliphatic carbocycles. The number of piperidine rings is 1. The highest BCUT2D eigenvalue weighted by molar-refractivity contribution is 5.77. The molecule has 4 heteroatoms. The molecule has 128 valence electrons. The van der Waals surface area contributed by atoms with Crippen molar-refractivity contribution >= 4 is 5.97 Å². The van der Waals surface area contributed by atoms with Crippen molar-refractivity contribution in [2.24, 2.45) is 5.41 Å². The Kier molecular flexibility index (Phi) is 6.90. The van der Waals surface area contributed by atoms with E-state index in [1.807, 2.05) is 37.3 Å². The van der Waals surface area contributed by atoms with Crippen LogP contribution in [0.1, 0.15) is 39.5 Å². The third kappa shape index (κ3) is 4.96. The number of esters is 1. The standard InChI is InChI=1S/C19H29NO3/c1-3-13-20-14-8-11-19(16-20,18(21)22-4-2)12-15-23-17-9-6-5-7-10-17/h5-7,9-10H,3-4,8,11-16H2,1-2H3. The first-order valence-corrected chi connectivity index (χ1v) is 8.77. The summed E-state index contributed by atoms with van der Waals surface area (Å²) in [6.45, 7) is 7.95. The average Bonchev–Trinajstić information content (AvgIpc) is 2.57. The first-order valence-electron chi connectivity index (χ1n) is 8.77. The van der Waals surface area contributed by atoms with Gasteiger partial charge in [0.25, 0.3) is 0 Å². The van der Waals surface area contributed by atoms with E-state index in [0.717, 1.165) is 44.6 Å². The van der Waals surface area contributed by atoms with Crippen LogP contribution >= 0.6 is 0 Å². The first kappa shape index (κ1) is 17.8. The van der Waals surface area contributed by atoms with Gasteiger partial charge in [-0.15, -0.1) is 0 Å². The lowest BCUT2D eigenvalue weighted by Gasteiger charge is -2.40. The highest BCUT2D eigenvalue weighted by Gasteiger charge is 2.43. The molecule has 0 bridgehead atoms. The molecule has 1 aromatic carbocycles. The van der Waals surface area contributed by atoms with Crippen molar-refractivity contribution < 1.29 is 14.3 Å². The number of likely N-dealkylation sites (tertiary alicyclic amines) is 1.